The zero-order valence-electron chi connectivity index (χ0n) is 33.0. The second-order valence-corrected chi connectivity index (χ2v) is 20.1. The molecule has 0 aromatic carbocycles. The summed E-state index contributed by atoms with van der Waals surface area (Å²) < 4.78 is 35.1. The number of urea groups is 2. The molecule has 6 amide bonds. The molecule has 11 rings (SSSR count). The van der Waals surface area contributed by atoms with Crippen molar-refractivity contribution in [3.05, 3.63) is 30.6 Å². The summed E-state index contributed by atoms with van der Waals surface area (Å²) in [5, 5.41) is 17.4. The lowest BCUT2D eigenvalue weighted by molar-refractivity contribution is -0.378. The summed E-state index contributed by atoms with van der Waals surface area (Å²) in [6, 6.07) is 3.52. The summed E-state index contributed by atoms with van der Waals surface area (Å²) in [5.74, 6) is 1.64. The zero-order valence-corrected chi connectivity index (χ0v) is 33.8. The Labute approximate surface area is 339 Å². The van der Waals surface area contributed by atoms with E-state index in [0.717, 1.165) is 55.7 Å². The van der Waals surface area contributed by atoms with Gasteiger partial charge in [0.05, 0.1) is 12.1 Å². The molecule has 6 saturated heterocycles. The second kappa shape index (κ2) is 15.4. The molecule has 1 aromatic rings. The number of piperidine rings is 2. The Morgan fingerprint density at radius 3 is 1.60 bits per heavy atom. The highest BCUT2D eigenvalue weighted by Gasteiger charge is 2.56. The molecule has 7 heterocycles. The Morgan fingerprint density at radius 1 is 0.707 bits per heavy atom. The fraction of sp³-hybridized carbons (Fsp3) is 0.769. The Morgan fingerprint density at radius 2 is 1.17 bits per heavy atom. The Bertz CT molecular complexity index is 1800. The summed E-state index contributed by atoms with van der Waals surface area (Å²) in [7, 11) is -4.77. The number of carbonyl (C=O) groups excluding carboxylic acids is 4. The predicted octanol–water partition coefficient (Wildman–Crippen LogP) is 1.12. The quantitative estimate of drug-likeness (QED) is 0.194. The van der Waals surface area contributed by atoms with Crippen LogP contribution in [0.25, 0.3) is 0 Å². The molecule has 318 valence electrons. The third-order valence-corrected chi connectivity index (χ3v) is 14.5. The SMILES string of the molecule is O=C(NC1CC2(C1)CN(CC1CC1)C2)[C@@H]1CC[C@@H]2CN1C(=O)N2O.O=C(NC1CC2(C1)CN(CC1CC1)C2)[C@@H]1CC[C@@H]2CN1C(=O)N2OS(=O)(=O)O.c1cc[nH+]cc1. The molecule has 1 aromatic heterocycles. The van der Waals surface area contributed by atoms with E-state index in [1.807, 2.05) is 30.6 Å². The number of fused-ring (bicyclic) bond motifs is 4. The van der Waals surface area contributed by atoms with E-state index in [1.54, 1.807) is 0 Å². The van der Waals surface area contributed by atoms with Crippen LogP contribution in [0.15, 0.2) is 30.6 Å². The molecule has 4 atom stereocenters. The van der Waals surface area contributed by atoms with Gasteiger partial charge < -0.3 is 30.2 Å². The lowest BCUT2D eigenvalue weighted by atomic mass is 9.60. The van der Waals surface area contributed by atoms with Gasteiger partial charge in [-0.25, -0.2) is 19.6 Å². The molecular formula is C39H58N9O9S+. The van der Waals surface area contributed by atoms with Crippen LogP contribution in [0, 0.1) is 22.7 Å². The molecule has 2 spiro atoms. The van der Waals surface area contributed by atoms with Gasteiger partial charge in [-0.3, -0.25) is 19.3 Å². The fourth-order valence-electron chi connectivity index (χ4n) is 11.0. The Kier molecular flexibility index (Phi) is 10.6. The van der Waals surface area contributed by atoms with Crippen molar-refractivity contribution in [1.82, 2.24) is 40.4 Å². The summed E-state index contributed by atoms with van der Waals surface area (Å²) in [6.45, 7) is 7.85. The van der Waals surface area contributed by atoms with Gasteiger partial charge in [0.15, 0.2) is 12.4 Å². The maximum Gasteiger partial charge on any atom is 0.418 e. The van der Waals surface area contributed by atoms with Crippen LogP contribution in [-0.2, 0) is 24.3 Å². The van der Waals surface area contributed by atoms with Crippen LogP contribution in [0.2, 0.25) is 0 Å². The molecule has 6 aliphatic heterocycles. The summed E-state index contributed by atoms with van der Waals surface area (Å²) in [4.78, 5) is 60.5. The Balaban J connectivity index is 0.000000132. The molecule has 4 saturated carbocycles. The van der Waals surface area contributed by atoms with Crippen molar-refractivity contribution in [2.75, 3.05) is 52.4 Å². The van der Waals surface area contributed by atoms with Crippen LogP contribution < -0.4 is 15.6 Å². The predicted molar refractivity (Wildman–Crippen MR) is 204 cm³/mol. The smallest absolute Gasteiger partial charge is 0.352 e. The van der Waals surface area contributed by atoms with E-state index in [2.05, 4.69) is 29.7 Å². The van der Waals surface area contributed by atoms with Gasteiger partial charge in [0.2, 0.25) is 11.8 Å². The van der Waals surface area contributed by atoms with E-state index in [1.165, 1.54) is 61.7 Å². The third kappa shape index (κ3) is 8.52. The van der Waals surface area contributed by atoms with Crippen LogP contribution in [0.5, 0.6) is 0 Å². The number of nitrogens with zero attached hydrogens (tertiary/aromatic N) is 6. The van der Waals surface area contributed by atoms with E-state index >= 15 is 0 Å². The van der Waals surface area contributed by atoms with Crippen molar-refractivity contribution >= 4 is 34.3 Å². The molecule has 5 N–H and O–H groups in total. The molecular weight excluding hydrogens is 771 g/mol. The first-order valence-corrected chi connectivity index (χ1v) is 22.6. The van der Waals surface area contributed by atoms with Crippen LogP contribution in [0.3, 0.4) is 0 Å². The van der Waals surface area contributed by atoms with Gasteiger partial charge in [0.25, 0.3) is 0 Å². The highest BCUT2D eigenvalue weighted by Crippen LogP contribution is 2.51. The first-order valence-electron chi connectivity index (χ1n) is 21.3. The number of rotatable bonds is 10. The highest BCUT2D eigenvalue weighted by molar-refractivity contribution is 7.80. The van der Waals surface area contributed by atoms with Crippen LogP contribution in [0.4, 0.5) is 9.59 Å². The molecule has 4 aliphatic carbocycles. The average molecular weight is 829 g/mol. The monoisotopic (exact) mass is 828 g/mol. The fourth-order valence-corrected chi connectivity index (χ4v) is 11.4. The minimum Gasteiger partial charge on any atom is -0.352 e. The normalized spacial score (nSPS) is 31.9. The van der Waals surface area contributed by atoms with Crippen LogP contribution >= 0.6 is 0 Å². The van der Waals surface area contributed by atoms with E-state index in [0.29, 0.717) is 48.1 Å². The minimum atomic E-state index is -4.77. The number of aromatic amines is 1. The summed E-state index contributed by atoms with van der Waals surface area (Å²) in [5.41, 5.74) is 0.823. The lowest BCUT2D eigenvalue weighted by Crippen LogP contribution is -2.67. The zero-order chi connectivity index (χ0) is 40.4. The van der Waals surface area contributed by atoms with E-state index in [-0.39, 0.29) is 36.5 Å². The number of hydrogen-bond donors (Lipinski definition) is 4. The van der Waals surface area contributed by atoms with Gasteiger partial charge >= 0.3 is 22.5 Å². The third-order valence-electron chi connectivity index (χ3n) is 14.1. The number of carbonyl (C=O) groups is 4. The molecule has 58 heavy (non-hydrogen) atoms. The van der Waals surface area contributed by atoms with Gasteiger partial charge in [-0.15, -0.1) is 4.28 Å². The molecule has 18 nitrogen and oxygen atoms in total. The number of nitrogens with one attached hydrogen (secondary N) is 3. The second-order valence-electron chi connectivity index (χ2n) is 19.1. The summed E-state index contributed by atoms with van der Waals surface area (Å²) in [6.07, 6.45) is 15.7. The Hall–Kier alpha value is -3.62. The van der Waals surface area contributed by atoms with Crippen molar-refractivity contribution in [2.24, 2.45) is 22.7 Å². The lowest BCUT2D eigenvalue weighted by Gasteiger charge is -2.59. The van der Waals surface area contributed by atoms with Crippen LogP contribution in [-0.4, -0.2) is 160 Å². The largest absolute Gasteiger partial charge is 0.418 e. The van der Waals surface area contributed by atoms with Gasteiger partial charge in [-0.2, -0.15) is 13.5 Å². The standard InChI is InChI=1S/C17H26N4O6S.C17H26N4O3.C5H5N/c22-15(18-12-5-17(6-12)9-19(10-17)7-11-1-2-11)14-4-3-13-8-20(14)16(23)21(13)27-28(24,25)26;22-15(14-4-3-13-8-20(14)16(23)21(13)24)18-12-5-17(6-12)9-19(10-17)7-11-1-2-11;1-2-4-6-5-3-1/h11-14H,1-10H2,(H,18,22)(H,24,25,26);11-14,24H,1-10H2,(H,18,22);1-5H/p+1/t2*13-,14+;/m11./s1. The number of amides is 6. The molecule has 0 radical (unpaired) electrons. The van der Waals surface area contributed by atoms with E-state index < -0.39 is 40.6 Å². The number of pyridine rings is 1. The molecule has 4 bridgehead atoms. The summed E-state index contributed by atoms with van der Waals surface area (Å²) >= 11 is 0. The molecule has 0 unspecified atom stereocenters. The molecule has 10 fully saturated rings. The van der Waals surface area contributed by atoms with Crippen molar-refractivity contribution in [2.45, 2.75) is 113 Å². The maximum absolute atomic E-state index is 12.7. The van der Waals surface area contributed by atoms with Crippen LogP contribution in [0.1, 0.15) is 77.0 Å². The number of likely N-dealkylation sites (tertiary alicyclic amines) is 2. The van der Waals surface area contributed by atoms with Gasteiger partial charge in [0, 0.05) is 76.6 Å². The van der Waals surface area contributed by atoms with Crippen molar-refractivity contribution in [3.8, 4) is 0 Å². The van der Waals surface area contributed by atoms with E-state index in [4.69, 9.17) is 4.55 Å². The van der Waals surface area contributed by atoms with E-state index in [9.17, 15) is 32.8 Å². The van der Waals surface area contributed by atoms with Crippen molar-refractivity contribution in [3.63, 3.8) is 0 Å². The first-order chi connectivity index (χ1) is 27.7. The number of hydroxylamine groups is 4. The number of hydrogen-bond acceptors (Lipinski definition) is 10. The van der Waals surface area contributed by atoms with Crippen molar-refractivity contribution < 1.29 is 46.6 Å². The van der Waals surface area contributed by atoms with Gasteiger partial charge in [-0.1, -0.05) is 6.07 Å². The van der Waals surface area contributed by atoms with Gasteiger partial charge in [-0.05, 0) is 99.7 Å². The molecule has 10 aliphatic rings. The first kappa shape index (κ1) is 39.8. The van der Waals surface area contributed by atoms with Gasteiger partial charge in [0.1, 0.15) is 12.1 Å². The minimum absolute atomic E-state index is 0.0360. The van der Waals surface area contributed by atoms with Crippen molar-refractivity contribution in [1.29, 1.82) is 0 Å². The molecule has 19 heteroatoms. The number of aromatic nitrogens is 1. The highest BCUT2D eigenvalue weighted by atomic mass is 32.3. The average Bonchev–Trinajstić information content (AvgIpc) is 4.09. The number of H-pyrrole nitrogens is 1. The maximum atomic E-state index is 12.7. The topological polar surface area (TPSA) is 210 Å².